The molecule has 1 saturated carbocycles. The number of hydrogen-bond acceptors (Lipinski definition) is 1. The van der Waals surface area contributed by atoms with Gasteiger partial charge in [-0.1, -0.05) is 24.3 Å². The zero-order valence-corrected chi connectivity index (χ0v) is 11.4. The number of halogens is 2. The Morgan fingerprint density at radius 1 is 1.15 bits per heavy atom. The SMILES string of the molecule is Cc1ccc(F)c(-c2cccc(CNC3CC3)c2)c1F. The Morgan fingerprint density at radius 2 is 1.95 bits per heavy atom. The van der Waals surface area contributed by atoms with E-state index in [1.165, 1.54) is 25.0 Å². The molecule has 0 aromatic heterocycles. The Kier molecular flexibility index (Phi) is 3.53. The predicted octanol–water partition coefficient (Wildman–Crippen LogP) is 4.19. The van der Waals surface area contributed by atoms with Gasteiger partial charge in [0.1, 0.15) is 11.6 Å². The van der Waals surface area contributed by atoms with E-state index in [1.807, 2.05) is 18.2 Å². The third kappa shape index (κ3) is 2.73. The van der Waals surface area contributed by atoms with E-state index >= 15 is 0 Å². The standard InChI is InChI=1S/C17H17F2N/c1-11-5-8-15(18)16(17(11)19)13-4-2-3-12(9-13)10-20-14-6-7-14/h2-5,8-9,14,20H,6-7,10H2,1H3. The molecule has 0 atom stereocenters. The van der Waals surface area contributed by atoms with Gasteiger partial charge >= 0.3 is 0 Å². The van der Waals surface area contributed by atoms with Crippen LogP contribution in [0.25, 0.3) is 11.1 Å². The number of rotatable bonds is 4. The monoisotopic (exact) mass is 273 g/mol. The van der Waals surface area contributed by atoms with Crippen molar-refractivity contribution >= 4 is 0 Å². The molecule has 3 rings (SSSR count). The minimum Gasteiger partial charge on any atom is -0.310 e. The van der Waals surface area contributed by atoms with Crippen LogP contribution in [0, 0.1) is 18.6 Å². The summed E-state index contributed by atoms with van der Waals surface area (Å²) in [6, 6.07) is 10.8. The molecule has 1 N–H and O–H groups in total. The first-order valence-electron chi connectivity index (χ1n) is 6.92. The summed E-state index contributed by atoms with van der Waals surface area (Å²) in [5.74, 6) is -0.988. The average Bonchev–Trinajstić information content (AvgIpc) is 3.26. The molecular weight excluding hydrogens is 256 g/mol. The highest BCUT2D eigenvalue weighted by Gasteiger charge is 2.20. The first-order valence-corrected chi connectivity index (χ1v) is 6.92. The lowest BCUT2D eigenvalue weighted by Gasteiger charge is -2.10. The summed E-state index contributed by atoms with van der Waals surface area (Å²) >= 11 is 0. The molecule has 3 heteroatoms. The van der Waals surface area contributed by atoms with E-state index in [9.17, 15) is 8.78 Å². The van der Waals surface area contributed by atoms with Gasteiger partial charge in [0.2, 0.25) is 0 Å². The number of aryl methyl sites for hydroxylation is 1. The van der Waals surface area contributed by atoms with Gasteiger partial charge < -0.3 is 5.32 Å². The molecule has 1 aliphatic carbocycles. The molecule has 0 saturated heterocycles. The molecule has 0 spiro atoms. The maximum absolute atomic E-state index is 14.1. The highest BCUT2D eigenvalue weighted by molar-refractivity contribution is 5.66. The molecule has 104 valence electrons. The first-order chi connectivity index (χ1) is 9.65. The van der Waals surface area contributed by atoms with Crippen molar-refractivity contribution < 1.29 is 8.78 Å². The summed E-state index contributed by atoms with van der Waals surface area (Å²) < 4.78 is 28.1. The van der Waals surface area contributed by atoms with E-state index in [0.29, 0.717) is 17.2 Å². The van der Waals surface area contributed by atoms with Crippen molar-refractivity contribution in [3.05, 3.63) is 59.2 Å². The van der Waals surface area contributed by atoms with E-state index in [4.69, 9.17) is 0 Å². The Labute approximate surface area is 117 Å². The van der Waals surface area contributed by atoms with Crippen LogP contribution in [-0.4, -0.2) is 6.04 Å². The molecule has 1 nitrogen and oxygen atoms in total. The van der Waals surface area contributed by atoms with Gasteiger partial charge in [0.25, 0.3) is 0 Å². The van der Waals surface area contributed by atoms with Crippen LogP contribution in [-0.2, 0) is 6.54 Å². The summed E-state index contributed by atoms with van der Waals surface area (Å²) in [6.07, 6.45) is 2.45. The fourth-order valence-corrected chi connectivity index (χ4v) is 2.31. The van der Waals surface area contributed by atoms with E-state index in [2.05, 4.69) is 5.32 Å². The highest BCUT2D eigenvalue weighted by atomic mass is 19.1. The molecule has 0 amide bonds. The molecule has 0 unspecified atom stereocenters. The van der Waals surface area contributed by atoms with Crippen molar-refractivity contribution in [1.29, 1.82) is 0 Å². The first kappa shape index (κ1) is 13.3. The highest BCUT2D eigenvalue weighted by Crippen LogP contribution is 2.28. The molecule has 0 bridgehead atoms. The van der Waals surface area contributed by atoms with Gasteiger partial charge in [-0.05, 0) is 48.6 Å². The fourth-order valence-electron chi connectivity index (χ4n) is 2.31. The van der Waals surface area contributed by atoms with Crippen molar-refractivity contribution in [2.75, 3.05) is 0 Å². The molecule has 1 fully saturated rings. The van der Waals surface area contributed by atoms with Crippen LogP contribution in [0.2, 0.25) is 0 Å². The lowest BCUT2D eigenvalue weighted by Crippen LogP contribution is -2.15. The summed E-state index contributed by atoms with van der Waals surface area (Å²) in [4.78, 5) is 0. The molecule has 20 heavy (non-hydrogen) atoms. The van der Waals surface area contributed by atoms with Gasteiger partial charge in [-0.3, -0.25) is 0 Å². The average molecular weight is 273 g/mol. The van der Waals surface area contributed by atoms with Gasteiger partial charge in [0.05, 0.1) is 5.56 Å². The summed E-state index contributed by atoms with van der Waals surface area (Å²) in [7, 11) is 0. The Hall–Kier alpha value is -1.74. The third-order valence-corrected chi connectivity index (χ3v) is 3.67. The Balaban J connectivity index is 1.93. The zero-order chi connectivity index (χ0) is 14.1. The van der Waals surface area contributed by atoms with E-state index < -0.39 is 11.6 Å². The largest absolute Gasteiger partial charge is 0.310 e. The van der Waals surface area contributed by atoms with Crippen molar-refractivity contribution in [3.63, 3.8) is 0 Å². The number of nitrogens with one attached hydrogen (secondary N) is 1. The Bertz CT molecular complexity index is 633. The molecule has 0 radical (unpaired) electrons. The van der Waals surface area contributed by atoms with Crippen LogP contribution in [0.4, 0.5) is 8.78 Å². The van der Waals surface area contributed by atoms with Crippen LogP contribution in [0.3, 0.4) is 0 Å². The van der Waals surface area contributed by atoms with Gasteiger partial charge in [0.15, 0.2) is 0 Å². The van der Waals surface area contributed by atoms with E-state index in [-0.39, 0.29) is 5.56 Å². The number of hydrogen-bond donors (Lipinski definition) is 1. The maximum Gasteiger partial charge on any atom is 0.136 e. The smallest absolute Gasteiger partial charge is 0.136 e. The molecule has 0 aliphatic heterocycles. The van der Waals surface area contributed by atoms with Crippen molar-refractivity contribution in [1.82, 2.24) is 5.32 Å². The number of benzene rings is 2. The van der Waals surface area contributed by atoms with E-state index in [0.717, 1.165) is 12.1 Å². The maximum atomic E-state index is 14.1. The summed E-state index contributed by atoms with van der Waals surface area (Å²) in [6.45, 7) is 2.39. The molecule has 2 aromatic rings. The van der Waals surface area contributed by atoms with Crippen molar-refractivity contribution in [3.8, 4) is 11.1 Å². The second-order valence-electron chi connectivity index (χ2n) is 5.41. The second kappa shape index (κ2) is 5.33. The topological polar surface area (TPSA) is 12.0 Å². The fraction of sp³-hybridized carbons (Fsp3) is 0.294. The van der Waals surface area contributed by atoms with Crippen LogP contribution in [0.15, 0.2) is 36.4 Å². The summed E-state index contributed by atoms with van der Waals surface area (Å²) in [5.41, 5.74) is 2.18. The van der Waals surface area contributed by atoms with Crippen LogP contribution in [0.5, 0.6) is 0 Å². The van der Waals surface area contributed by atoms with Gasteiger partial charge in [-0.15, -0.1) is 0 Å². The predicted molar refractivity (Wildman–Crippen MR) is 76.4 cm³/mol. The lowest BCUT2D eigenvalue weighted by atomic mass is 10.00. The van der Waals surface area contributed by atoms with E-state index in [1.54, 1.807) is 13.0 Å². The quantitative estimate of drug-likeness (QED) is 0.880. The minimum atomic E-state index is -0.514. The third-order valence-electron chi connectivity index (χ3n) is 3.67. The van der Waals surface area contributed by atoms with Gasteiger partial charge in [-0.25, -0.2) is 8.78 Å². The van der Waals surface area contributed by atoms with Crippen LogP contribution >= 0.6 is 0 Å². The lowest BCUT2D eigenvalue weighted by molar-refractivity contribution is 0.583. The van der Waals surface area contributed by atoms with Gasteiger partial charge in [-0.2, -0.15) is 0 Å². The summed E-state index contributed by atoms with van der Waals surface area (Å²) in [5, 5.41) is 3.40. The Morgan fingerprint density at radius 3 is 2.70 bits per heavy atom. The molecule has 2 aromatic carbocycles. The second-order valence-corrected chi connectivity index (χ2v) is 5.41. The normalized spacial score (nSPS) is 14.6. The molecular formula is C17H17F2N. The zero-order valence-electron chi connectivity index (χ0n) is 11.4. The molecule has 0 heterocycles. The van der Waals surface area contributed by atoms with Crippen molar-refractivity contribution in [2.24, 2.45) is 0 Å². The van der Waals surface area contributed by atoms with Crippen LogP contribution in [0.1, 0.15) is 24.0 Å². The van der Waals surface area contributed by atoms with Crippen molar-refractivity contribution in [2.45, 2.75) is 32.4 Å². The van der Waals surface area contributed by atoms with Gasteiger partial charge in [0, 0.05) is 12.6 Å². The molecule has 1 aliphatic rings. The van der Waals surface area contributed by atoms with Crippen LogP contribution < -0.4 is 5.32 Å². The minimum absolute atomic E-state index is 0.0678.